The number of benzene rings is 1. The van der Waals surface area contributed by atoms with Crippen LogP contribution in [-0.4, -0.2) is 38.0 Å². The van der Waals surface area contributed by atoms with Crippen molar-refractivity contribution in [3.8, 4) is 5.75 Å². The number of ether oxygens (including phenoxy) is 3. The molecule has 0 fully saturated rings. The molecule has 29 heavy (non-hydrogen) atoms. The van der Waals surface area contributed by atoms with Crippen LogP contribution in [0.2, 0.25) is 0 Å². The lowest BCUT2D eigenvalue weighted by Gasteiger charge is -2.30. The van der Waals surface area contributed by atoms with Crippen molar-refractivity contribution in [3.63, 3.8) is 0 Å². The van der Waals surface area contributed by atoms with Gasteiger partial charge in [-0.15, -0.1) is 0 Å². The van der Waals surface area contributed by atoms with Gasteiger partial charge in [-0.3, -0.25) is 4.79 Å². The number of aldehydes is 1. The smallest absolute Gasteiger partial charge is 0.337 e. The molecule has 7 heteroatoms. The summed E-state index contributed by atoms with van der Waals surface area (Å²) in [5.74, 6) is -1.72. The van der Waals surface area contributed by atoms with Crippen LogP contribution < -0.4 is 10.1 Å². The van der Waals surface area contributed by atoms with E-state index in [2.05, 4.69) is 11.9 Å². The first-order chi connectivity index (χ1) is 14.0. The van der Waals surface area contributed by atoms with E-state index in [0.29, 0.717) is 23.3 Å². The summed E-state index contributed by atoms with van der Waals surface area (Å²) in [5.41, 5.74) is 1.25. The molecule has 154 valence electrons. The Labute approximate surface area is 170 Å². The minimum Gasteiger partial charge on any atom is -0.489 e. The van der Waals surface area contributed by atoms with E-state index >= 15 is 0 Å². The molecule has 1 atom stereocenters. The van der Waals surface area contributed by atoms with E-state index in [4.69, 9.17) is 14.2 Å². The van der Waals surface area contributed by atoms with Crippen molar-refractivity contribution in [3.05, 3.63) is 65.0 Å². The number of para-hydroxylation sites is 1. The number of allylic oxidation sites excluding steroid dienone is 2. The summed E-state index contributed by atoms with van der Waals surface area (Å²) in [7, 11) is 0. The van der Waals surface area contributed by atoms with Crippen LogP contribution in [0.25, 0.3) is 0 Å². The Morgan fingerprint density at radius 3 is 2.31 bits per heavy atom. The number of carbonyl (C=O) groups excluding carboxylic acids is 3. The van der Waals surface area contributed by atoms with Crippen LogP contribution >= 0.6 is 0 Å². The molecule has 1 aromatic carbocycles. The first kappa shape index (κ1) is 21.9. The van der Waals surface area contributed by atoms with Gasteiger partial charge in [0.1, 0.15) is 12.4 Å². The SMILES string of the molecule is C=CCOc1ccccc1C1C(C(=O)OCC)=C(C)NC(C=O)=C1C(=O)OCC. The van der Waals surface area contributed by atoms with Crippen molar-refractivity contribution >= 4 is 18.2 Å². The minimum absolute atomic E-state index is 0.0326. The van der Waals surface area contributed by atoms with Crippen LogP contribution in [0.1, 0.15) is 32.3 Å². The third kappa shape index (κ3) is 4.74. The van der Waals surface area contributed by atoms with E-state index in [9.17, 15) is 14.4 Å². The fourth-order valence-electron chi connectivity index (χ4n) is 3.17. The van der Waals surface area contributed by atoms with Crippen molar-refractivity contribution in [2.24, 2.45) is 0 Å². The van der Waals surface area contributed by atoms with E-state index in [-0.39, 0.29) is 36.7 Å². The number of carbonyl (C=O) groups is 3. The summed E-state index contributed by atoms with van der Waals surface area (Å²) in [6, 6.07) is 7.00. The highest BCUT2D eigenvalue weighted by Gasteiger charge is 2.40. The van der Waals surface area contributed by atoms with E-state index in [1.54, 1.807) is 51.1 Å². The lowest BCUT2D eigenvalue weighted by molar-refractivity contribution is -0.139. The maximum atomic E-state index is 12.8. The second-order valence-electron chi connectivity index (χ2n) is 6.12. The minimum atomic E-state index is -0.893. The van der Waals surface area contributed by atoms with Gasteiger partial charge >= 0.3 is 11.9 Å². The zero-order valence-corrected chi connectivity index (χ0v) is 16.8. The third-order valence-electron chi connectivity index (χ3n) is 4.29. The highest BCUT2D eigenvalue weighted by Crippen LogP contribution is 2.42. The second-order valence-corrected chi connectivity index (χ2v) is 6.12. The molecule has 1 N–H and O–H groups in total. The first-order valence-electron chi connectivity index (χ1n) is 9.34. The number of rotatable bonds is 9. The summed E-state index contributed by atoms with van der Waals surface area (Å²) in [5, 5.41) is 2.84. The van der Waals surface area contributed by atoms with Crippen LogP contribution in [0.4, 0.5) is 0 Å². The average Bonchev–Trinajstić information content (AvgIpc) is 2.71. The molecule has 1 aliphatic heterocycles. The molecule has 1 aromatic rings. The topological polar surface area (TPSA) is 90.9 Å². The molecule has 0 aromatic heterocycles. The predicted octanol–water partition coefficient (Wildman–Crippen LogP) is 2.79. The predicted molar refractivity (Wildman–Crippen MR) is 107 cm³/mol. The van der Waals surface area contributed by atoms with Gasteiger partial charge in [0, 0.05) is 11.3 Å². The molecule has 0 saturated carbocycles. The third-order valence-corrected chi connectivity index (χ3v) is 4.29. The zero-order valence-electron chi connectivity index (χ0n) is 16.8. The van der Waals surface area contributed by atoms with Gasteiger partial charge in [-0.2, -0.15) is 0 Å². The Balaban J connectivity index is 2.75. The van der Waals surface area contributed by atoms with Gasteiger partial charge in [0.25, 0.3) is 0 Å². The van der Waals surface area contributed by atoms with Crippen molar-refractivity contribution in [1.29, 1.82) is 0 Å². The number of dihydropyridines is 1. The van der Waals surface area contributed by atoms with Gasteiger partial charge in [-0.25, -0.2) is 9.59 Å². The number of hydrogen-bond donors (Lipinski definition) is 1. The van der Waals surface area contributed by atoms with Crippen molar-refractivity contribution in [2.45, 2.75) is 26.7 Å². The quantitative estimate of drug-likeness (QED) is 0.388. The fourth-order valence-corrected chi connectivity index (χ4v) is 3.17. The molecular weight excluding hydrogens is 374 g/mol. The Hall–Kier alpha value is -3.35. The fraction of sp³-hybridized carbons (Fsp3) is 0.318. The molecule has 7 nitrogen and oxygen atoms in total. The van der Waals surface area contributed by atoms with E-state index in [1.165, 1.54) is 0 Å². The van der Waals surface area contributed by atoms with E-state index in [1.807, 2.05) is 0 Å². The first-order valence-corrected chi connectivity index (χ1v) is 9.34. The Morgan fingerprint density at radius 1 is 1.10 bits per heavy atom. The maximum absolute atomic E-state index is 12.8. The lowest BCUT2D eigenvalue weighted by atomic mass is 9.80. The van der Waals surface area contributed by atoms with Gasteiger partial charge in [0.15, 0.2) is 6.29 Å². The van der Waals surface area contributed by atoms with Crippen LogP contribution in [0.3, 0.4) is 0 Å². The van der Waals surface area contributed by atoms with Crippen LogP contribution in [-0.2, 0) is 23.9 Å². The summed E-state index contributed by atoms with van der Waals surface area (Å²) in [6.45, 7) is 9.17. The molecule has 2 rings (SSSR count). The second kappa shape index (κ2) is 10.3. The van der Waals surface area contributed by atoms with Gasteiger partial charge < -0.3 is 19.5 Å². The lowest BCUT2D eigenvalue weighted by Crippen LogP contribution is -2.34. The van der Waals surface area contributed by atoms with Crippen molar-refractivity contribution in [1.82, 2.24) is 5.32 Å². The van der Waals surface area contributed by atoms with E-state index in [0.717, 1.165) is 0 Å². The van der Waals surface area contributed by atoms with Crippen molar-refractivity contribution < 1.29 is 28.6 Å². The highest BCUT2D eigenvalue weighted by molar-refractivity contribution is 6.03. The Bertz CT molecular complexity index is 868. The number of esters is 2. The van der Waals surface area contributed by atoms with Gasteiger partial charge in [0.05, 0.1) is 36.0 Å². The molecule has 0 bridgehead atoms. The monoisotopic (exact) mass is 399 g/mol. The van der Waals surface area contributed by atoms with E-state index < -0.39 is 17.9 Å². The summed E-state index contributed by atoms with van der Waals surface area (Å²) in [6.07, 6.45) is 2.13. The highest BCUT2D eigenvalue weighted by atomic mass is 16.5. The standard InChI is InChI=1S/C22H25NO6/c1-5-12-29-17-11-9-8-10-15(17)19-18(21(25)27-6-2)14(4)23-16(13-24)20(19)22(26)28-7-3/h5,8-11,13,19,23H,1,6-7,12H2,2-4H3. The summed E-state index contributed by atoms with van der Waals surface area (Å²) >= 11 is 0. The molecule has 0 spiro atoms. The van der Waals surface area contributed by atoms with Gasteiger partial charge in [0.2, 0.25) is 0 Å². The molecule has 1 aliphatic rings. The van der Waals surface area contributed by atoms with Crippen LogP contribution in [0.15, 0.2) is 59.5 Å². The average molecular weight is 399 g/mol. The van der Waals surface area contributed by atoms with Crippen LogP contribution in [0.5, 0.6) is 5.75 Å². The summed E-state index contributed by atoms with van der Waals surface area (Å²) < 4.78 is 16.2. The molecule has 1 heterocycles. The number of nitrogens with one attached hydrogen (secondary N) is 1. The normalized spacial score (nSPS) is 16.0. The molecule has 0 saturated heterocycles. The molecule has 0 aliphatic carbocycles. The molecular formula is C22H25NO6. The molecule has 0 amide bonds. The van der Waals surface area contributed by atoms with Crippen LogP contribution in [0, 0.1) is 0 Å². The maximum Gasteiger partial charge on any atom is 0.337 e. The molecule has 1 unspecified atom stereocenters. The van der Waals surface area contributed by atoms with Gasteiger partial charge in [-0.05, 0) is 26.8 Å². The van der Waals surface area contributed by atoms with Crippen molar-refractivity contribution in [2.75, 3.05) is 19.8 Å². The zero-order chi connectivity index (χ0) is 21.4. The van der Waals surface area contributed by atoms with Gasteiger partial charge in [-0.1, -0.05) is 30.9 Å². The summed E-state index contributed by atoms with van der Waals surface area (Å²) in [4.78, 5) is 37.3. The number of hydrogen-bond acceptors (Lipinski definition) is 7. The Kier molecular flexibility index (Phi) is 7.77. The largest absolute Gasteiger partial charge is 0.489 e. The molecule has 0 radical (unpaired) electrons. The Morgan fingerprint density at radius 2 is 1.72 bits per heavy atom.